The van der Waals surface area contributed by atoms with Crippen molar-refractivity contribution in [3.63, 3.8) is 0 Å². The number of hydrogen-bond donors (Lipinski definition) is 2. The van der Waals surface area contributed by atoms with Crippen molar-refractivity contribution in [3.8, 4) is 6.07 Å². The van der Waals surface area contributed by atoms with Crippen LogP contribution in [-0.4, -0.2) is 38.0 Å². The Morgan fingerprint density at radius 3 is 2.50 bits per heavy atom. The molecular formula is C25H24ClN3O4S. The Morgan fingerprint density at radius 2 is 1.85 bits per heavy atom. The topological polar surface area (TPSA) is 100 Å². The molecule has 1 heterocycles. The fourth-order valence-corrected chi connectivity index (χ4v) is 4.46. The number of nitriles is 1. The number of ether oxygens (including phenoxy) is 2. The third kappa shape index (κ3) is 6.41. The number of benzene rings is 2. The summed E-state index contributed by atoms with van der Waals surface area (Å²) in [5, 5.41) is 17.1. The number of dihydropyridines is 1. The number of carbonyl (C=O) groups excluding carboxylic acids is 2. The number of hydrogen-bond acceptors (Lipinski definition) is 7. The van der Waals surface area contributed by atoms with Crippen molar-refractivity contribution >= 4 is 40.9 Å². The number of methoxy groups -OCH3 is 1. The zero-order chi connectivity index (χ0) is 24.5. The van der Waals surface area contributed by atoms with Crippen LogP contribution >= 0.6 is 23.4 Å². The van der Waals surface area contributed by atoms with Crippen LogP contribution in [0.1, 0.15) is 18.4 Å². The summed E-state index contributed by atoms with van der Waals surface area (Å²) in [6.07, 6.45) is 0. The van der Waals surface area contributed by atoms with Crippen molar-refractivity contribution in [1.82, 2.24) is 5.32 Å². The van der Waals surface area contributed by atoms with Crippen LogP contribution in [0.3, 0.4) is 0 Å². The van der Waals surface area contributed by atoms with Crippen LogP contribution in [0, 0.1) is 11.3 Å². The molecule has 0 bridgehead atoms. The largest absolute Gasteiger partial charge is 0.460 e. The SMILES string of the molecule is COCCOC(=O)C1=C(C)NC(SCC(=O)Nc2ccccc2)=C(C#N)C1c1ccc(Cl)cc1. The van der Waals surface area contributed by atoms with E-state index in [4.69, 9.17) is 21.1 Å². The molecule has 34 heavy (non-hydrogen) atoms. The Hall–Kier alpha value is -3.25. The maximum Gasteiger partial charge on any atom is 0.336 e. The van der Waals surface area contributed by atoms with E-state index in [0.29, 0.717) is 38.1 Å². The molecule has 0 aromatic heterocycles. The molecule has 176 valence electrons. The van der Waals surface area contributed by atoms with Crippen molar-refractivity contribution in [2.45, 2.75) is 12.8 Å². The molecular weight excluding hydrogens is 474 g/mol. The van der Waals surface area contributed by atoms with E-state index in [1.165, 1.54) is 18.9 Å². The molecule has 1 atom stereocenters. The quantitative estimate of drug-likeness (QED) is 0.385. The highest BCUT2D eigenvalue weighted by atomic mass is 35.5. The second-order valence-corrected chi connectivity index (χ2v) is 8.76. The van der Waals surface area contributed by atoms with E-state index >= 15 is 0 Å². The molecule has 3 rings (SSSR count). The van der Waals surface area contributed by atoms with Crippen LogP contribution in [0.15, 0.2) is 76.5 Å². The minimum atomic E-state index is -0.668. The molecule has 0 spiro atoms. The maximum atomic E-state index is 13.0. The van der Waals surface area contributed by atoms with Gasteiger partial charge in [0.1, 0.15) is 6.61 Å². The zero-order valence-corrected chi connectivity index (χ0v) is 20.3. The number of para-hydroxylation sites is 1. The fourth-order valence-electron chi connectivity index (χ4n) is 3.44. The summed E-state index contributed by atoms with van der Waals surface area (Å²) in [5.74, 6) is -1.34. The fraction of sp³-hybridized carbons (Fsp3) is 0.240. The number of anilines is 1. The Morgan fingerprint density at radius 1 is 1.15 bits per heavy atom. The van der Waals surface area contributed by atoms with E-state index in [0.717, 1.165) is 0 Å². The molecule has 2 N–H and O–H groups in total. The smallest absolute Gasteiger partial charge is 0.336 e. The van der Waals surface area contributed by atoms with Gasteiger partial charge in [0.25, 0.3) is 0 Å². The number of esters is 1. The molecule has 1 aliphatic rings. The van der Waals surface area contributed by atoms with Gasteiger partial charge in [0.15, 0.2) is 0 Å². The molecule has 1 aliphatic heterocycles. The predicted octanol–water partition coefficient (Wildman–Crippen LogP) is 4.60. The van der Waals surface area contributed by atoms with Gasteiger partial charge in [-0.3, -0.25) is 4.79 Å². The van der Waals surface area contributed by atoms with E-state index in [2.05, 4.69) is 16.7 Å². The van der Waals surface area contributed by atoms with Gasteiger partial charge in [0.05, 0.1) is 40.5 Å². The van der Waals surface area contributed by atoms with Gasteiger partial charge in [0, 0.05) is 23.5 Å². The van der Waals surface area contributed by atoms with Gasteiger partial charge in [-0.1, -0.05) is 53.7 Å². The molecule has 1 unspecified atom stereocenters. The lowest BCUT2D eigenvalue weighted by Gasteiger charge is -2.29. The highest BCUT2D eigenvalue weighted by Crippen LogP contribution is 2.41. The second kappa shape index (κ2) is 12.3. The first kappa shape index (κ1) is 25.4. The highest BCUT2D eigenvalue weighted by Gasteiger charge is 2.35. The number of halogens is 1. The lowest BCUT2D eigenvalue weighted by Crippen LogP contribution is -2.29. The van der Waals surface area contributed by atoms with Crippen molar-refractivity contribution in [1.29, 1.82) is 5.26 Å². The van der Waals surface area contributed by atoms with Gasteiger partial charge in [0.2, 0.25) is 5.91 Å². The van der Waals surface area contributed by atoms with Crippen LogP contribution in [-0.2, 0) is 19.1 Å². The summed E-state index contributed by atoms with van der Waals surface area (Å²) in [7, 11) is 1.52. The van der Waals surface area contributed by atoms with E-state index in [1.807, 2.05) is 18.2 Å². The summed E-state index contributed by atoms with van der Waals surface area (Å²) in [4.78, 5) is 25.4. The Kier molecular flexibility index (Phi) is 9.16. The molecule has 0 fully saturated rings. The molecule has 1 amide bonds. The van der Waals surface area contributed by atoms with E-state index < -0.39 is 11.9 Å². The Labute approximate surface area is 207 Å². The molecule has 9 heteroatoms. The summed E-state index contributed by atoms with van der Waals surface area (Å²) in [5.41, 5.74) is 2.60. The van der Waals surface area contributed by atoms with Crippen molar-refractivity contribution < 1.29 is 19.1 Å². The van der Waals surface area contributed by atoms with E-state index in [1.54, 1.807) is 43.3 Å². The minimum Gasteiger partial charge on any atom is -0.460 e. The number of nitrogens with one attached hydrogen (secondary N) is 2. The van der Waals surface area contributed by atoms with Crippen LogP contribution in [0.25, 0.3) is 0 Å². The number of thioether (sulfide) groups is 1. The monoisotopic (exact) mass is 497 g/mol. The summed E-state index contributed by atoms with van der Waals surface area (Å²) >= 11 is 7.26. The molecule has 7 nitrogen and oxygen atoms in total. The van der Waals surface area contributed by atoms with E-state index in [9.17, 15) is 14.9 Å². The number of nitrogens with zero attached hydrogens (tertiary/aromatic N) is 1. The normalized spacial score (nSPS) is 15.4. The molecule has 0 saturated carbocycles. The minimum absolute atomic E-state index is 0.0800. The maximum absolute atomic E-state index is 13.0. The van der Waals surface area contributed by atoms with Crippen LogP contribution < -0.4 is 10.6 Å². The van der Waals surface area contributed by atoms with Gasteiger partial charge in [-0.15, -0.1) is 0 Å². The number of amides is 1. The molecule has 2 aromatic carbocycles. The lowest BCUT2D eigenvalue weighted by molar-refractivity contribution is -0.140. The van der Waals surface area contributed by atoms with Crippen molar-refractivity contribution in [3.05, 3.63) is 87.1 Å². The average Bonchev–Trinajstić information content (AvgIpc) is 2.83. The van der Waals surface area contributed by atoms with Crippen molar-refractivity contribution in [2.75, 3.05) is 31.4 Å². The first-order chi connectivity index (χ1) is 16.4. The Balaban J connectivity index is 1.88. The molecule has 2 aromatic rings. The van der Waals surface area contributed by atoms with Gasteiger partial charge in [-0.05, 0) is 36.8 Å². The first-order valence-electron chi connectivity index (χ1n) is 10.5. The third-order valence-corrected chi connectivity index (χ3v) is 6.27. The second-order valence-electron chi connectivity index (χ2n) is 7.33. The van der Waals surface area contributed by atoms with Crippen LogP contribution in [0.4, 0.5) is 5.69 Å². The number of allylic oxidation sites excluding steroid dienone is 2. The average molecular weight is 498 g/mol. The standard InChI is InChI=1S/C25H24ClN3O4S/c1-16-22(25(31)33-13-12-32-2)23(17-8-10-18(26)11-9-17)20(14-27)24(28-16)34-15-21(30)29-19-6-4-3-5-7-19/h3-11,23,28H,12-13,15H2,1-2H3,(H,29,30). The van der Waals surface area contributed by atoms with Crippen LogP contribution in [0.2, 0.25) is 5.02 Å². The third-order valence-electron chi connectivity index (χ3n) is 5.00. The molecule has 0 aliphatic carbocycles. The van der Waals surface area contributed by atoms with Gasteiger partial charge >= 0.3 is 5.97 Å². The Bertz CT molecular complexity index is 1140. The summed E-state index contributed by atoms with van der Waals surface area (Å²) < 4.78 is 10.3. The number of rotatable bonds is 9. The molecule has 0 radical (unpaired) electrons. The van der Waals surface area contributed by atoms with Crippen molar-refractivity contribution in [2.24, 2.45) is 0 Å². The first-order valence-corrected chi connectivity index (χ1v) is 11.8. The predicted molar refractivity (Wildman–Crippen MR) is 133 cm³/mol. The van der Waals surface area contributed by atoms with Gasteiger partial charge in [-0.2, -0.15) is 5.26 Å². The zero-order valence-electron chi connectivity index (χ0n) is 18.8. The van der Waals surface area contributed by atoms with Gasteiger partial charge < -0.3 is 20.1 Å². The summed E-state index contributed by atoms with van der Waals surface area (Å²) in [6.45, 7) is 2.09. The highest BCUT2D eigenvalue weighted by molar-refractivity contribution is 8.03. The lowest BCUT2D eigenvalue weighted by atomic mass is 9.82. The van der Waals surface area contributed by atoms with E-state index in [-0.39, 0.29) is 24.9 Å². The number of carbonyl (C=O) groups is 2. The van der Waals surface area contributed by atoms with Crippen LogP contribution in [0.5, 0.6) is 0 Å². The molecule has 0 saturated heterocycles. The summed E-state index contributed by atoms with van der Waals surface area (Å²) in [6, 6.07) is 18.3. The van der Waals surface area contributed by atoms with Gasteiger partial charge in [-0.25, -0.2) is 4.79 Å².